The van der Waals surface area contributed by atoms with E-state index in [0.29, 0.717) is 0 Å². The highest BCUT2D eigenvalue weighted by Crippen LogP contribution is 2.45. The average molecular weight is 227 g/mol. The average Bonchev–Trinajstić information content (AvgIpc) is 2.62. The summed E-state index contributed by atoms with van der Waals surface area (Å²) in [6.45, 7) is 2.29. The van der Waals surface area contributed by atoms with Crippen LogP contribution in [0.5, 0.6) is 0 Å². The first-order valence-electron chi connectivity index (χ1n) is 6.45. The maximum Gasteiger partial charge on any atom is 0.235 e. The Morgan fingerprint density at radius 1 is 1.29 bits per heavy atom. The van der Waals surface area contributed by atoms with Crippen LogP contribution in [0.25, 0.3) is 0 Å². The fraction of sp³-hybridized carbons (Fsp3) is 0.533. The van der Waals surface area contributed by atoms with Gasteiger partial charge < -0.3 is 0 Å². The minimum absolute atomic E-state index is 0.234. The zero-order valence-electron chi connectivity index (χ0n) is 10.2. The quantitative estimate of drug-likeness (QED) is 0.563. The number of hydrogen-bond acceptors (Lipinski definition) is 2. The number of rotatable bonds is 2. The largest absolute Gasteiger partial charge is 0.235 e. The monoisotopic (exact) mass is 227 g/mol. The number of carbonyl (C=O) groups excluding carboxylic acids is 1. The van der Waals surface area contributed by atoms with Gasteiger partial charge in [-0.1, -0.05) is 25.1 Å². The lowest BCUT2D eigenvalue weighted by molar-refractivity contribution is 0.256. The van der Waals surface area contributed by atoms with Crippen LogP contribution < -0.4 is 0 Å². The third-order valence-corrected chi connectivity index (χ3v) is 4.32. The Bertz CT molecular complexity index is 496. The summed E-state index contributed by atoms with van der Waals surface area (Å²) in [6.07, 6.45) is 7.28. The molecular weight excluding hydrogens is 210 g/mol. The van der Waals surface area contributed by atoms with Crippen LogP contribution in [0.1, 0.15) is 42.9 Å². The van der Waals surface area contributed by atoms with E-state index in [0.717, 1.165) is 18.8 Å². The van der Waals surface area contributed by atoms with Crippen LogP contribution in [-0.4, -0.2) is 6.08 Å². The van der Waals surface area contributed by atoms with Gasteiger partial charge in [-0.2, -0.15) is 4.99 Å². The number of nitrogens with zero attached hydrogens (tertiary/aromatic N) is 1. The lowest BCUT2D eigenvalue weighted by Gasteiger charge is -2.37. The molecule has 1 fully saturated rings. The zero-order valence-corrected chi connectivity index (χ0v) is 10.2. The SMILES string of the molecule is CC1Cc2ccc(C3(N=C=O)CCC3)cc2C1. The van der Waals surface area contributed by atoms with Crippen molar-refractivity contribution in [3.8, 4) is 0 Å². The van der Waals surface area contributed by atoms with Gasteiger partial charge in [-0.3, -0.25) is 0 Å². The molecule has 88 valence electrons. The van der Waals surface area contributed by atoms with Gasteiger partial charge in [0.15, 0.2) is 0 Å². The van der Waals surface area contributed by atoms with Crippen LogP contribution in [0.4, 0.5) is 0 Å². The molecule has 0 heterocycles. The molecule has 0 radical (unpaired) electrons. The molecule has 0 saturated heterocycles. The maximum absolute atomic E-state index is 10.6. The molecule has 3 rings (SSSR count). The summed E-state index contributed by atoms with van der Waals surface area (Å²) in [7, 11) is 0. The van der Waals surface area contributed by atoms with Crippen LogP contribution in [-0.2, 0) is 23.2 Å². The van der Waals surface area contributed by atoms with E-state index in [1.807, 2.05) is 0 Å². The molecule has 0 amide bonds. The summed E-state index contributed by atoms with van der Waals surface area (Å²) < 4.78 is 0. The van der Waals surface area contributed by atoms with E-state index in [2.05, 4.69) is 30.1 Å². The van der Waals surface area contributed by atoms with Crippen molar-refractivity contribution < 1.29 is 4.79 Å². The molecule has 1 atom stereocenters. The fourth-order valence-corrected chi connectivity index (χ4v) is 3.19. The zero-order chi connectivity index (χ0) is 11.9. The van der Waals surface area contributed by atoms with E-state index in [1.54, 1.807) is 6.08 Å². The second kappa shape index (κ2) is 3.82. The molecule has 1 aromatic rings. The number of fused-ring (bicyclic) bond motifs is 1. The maximum atomic E-state index is 10.6. The molecule has 1 aromatic carbocycles. The molecule has 1 unspecified atom stereocenters. The Kier molecular flexibility index (Phi) is 2.41. The van der Waals surface area contributed by atoms with Crippen molar-refractivity contribution in [1.29, 1.82) is 0 Å². The highest BCUT2D eigenvalue weighted by molar-refractivity contribution is 5.43. The molecule has 0 N–H and O–H groups in total. The molecule has 0 aliphatic heterocycles. The molecule has 2 heteroatoms. The molecule has 0 bridgehead atoms. The van der Waals surface area contributed by atoms with Gasteiger partial charge in [0.1, 0.15) is 0 Å². The number of benzene rings is 1. The first-order valence-corrected chi connectivity index (χ1v) is 6.45. The van der Waals surface area contributed by atoms with E-state index in [9.17, 15) is 4.79 Å². The van der Waals surface area contributed by atoms with E-state index in [-0.39, 0.29) is 5.54 Å². The first-order chi connectivity index (χ1) is 8.23. The predicted molar refractivity (Wildman–Crippen MR) is 66.7 cm³/mol. The van der Waals surface area contributed by atoms with Crippen LogP contribution in [0.3, 0.4) is 0 Å². The van der Waals surface area contributed by atoms with Gasteiger partial charge in [-0.25, -0.2) is 4.79 Å². The van der Waals surface area contributed by atoms with Gasteiger partial charge in [0.2, 0.25) is 6.08 Å². The van der Waals surface area contributed by atoms with Gasteiger partial charge in [-0.15, -0.1) is 0 Å². The highest BCUT2D eigenvalue weighted by Gasteiger charge is 2.39. The molecule has 17 heavy (non-hydrogen) atoms. The van der Waals surface area contributed by atoms with Gasteiger partial charge >= 0.3 is 0 Å². The highest BCUT2D eigenvalue weighted by atomic mass is 16.1. The summed E-state index contributed by atoms with van der Waals surface area (Å²) in [5.41, 5.74) is 3.93. The third-order valence-electron chi connectivity index (χ3n) is 4.32. The molecule has 2 aliphatic carbocycles. The van der Waals surface area contributed by atoms with Crippen molar-refractivity contribution in [2.75, 3.05) is 0 Å². The van der Waals surface area contributed by atoms with Gasteiger partial charge in [0, 0.05) is 0 Å². The summed E-state index contributed by atoms with van der Waals surface area (Å²) in [6, 6.07) is 6.67. The van der Waals surface area contributed by atoms with Crippen LogP contribution in [0, 0.1) is 5.92 Å². The smallest absolute Gasteiger partial charge is 0.211 e. The van der Waals surface area contributed by atoms with E-state index in [1.165, 1.54) is 36.0 Å². The normalized spacial score (nSPS) is 24.6. The molecular formula is C15H17NO. The standard InChI is InChI=1S/C15H17NO/c1-11-7-12-3-4-14(9-13(12)8-11)15(16-10-17)5-2-6-15/h3-4,9,11H,2,5-8H2,1H3. The summed E-state index contributed by atoms with van der Waals surface area (Å²) >= 11 is 0. The van der Waals surface area contributed by atoms with E-state index >= 15 is 0 Å². The molecule has 0 spiro atoms. The van der Waals surface area contributed by atoms with Gasteiger partial charge in [0.25, 0.3) is 0 Å². The minimum Gasteiger partial charge on any atom is -0.211 e. The van der Waals surface area contributed by atoms with Gasteiger partial charge in [-0.05, 0) is 54.7 Å². The van der Waals surface area contributed by atoms with Crippen molar-refractivity contribution in [3.63, 3.8) is 0 Å². The Morgan fingerprint density at radius 3 is 2.71 bits per heavy atom. The Morgan fingerprint density at radius 2 is 2.06 bits per heavy atom. The fourth-order valence-electron chi connectivity index (χ4n) is 3.19. The Balaban J connectivity index is 2.00. The van der Waals surface area contributed by atoms with Crippen molar-refractivity contribution >= 4 is 6.08 Å². The van der Waals surface area contributed by atoms with Gasteiger partial charge in [0.05, 0.1) is 5.54 Å². The van der Waals surface area contributed by atoms with Crippen LogP contribution in [0.2, 0.25) is 0 Å². The van der Waals surface area contributed by atoms with Crippen LogP contribution >= 0.6 is 0 Å². The Hall–Kier alpha value is -1.40. The van der Waals surface area contributed by atoms with Crippen molar-refractivity contribution in [2.24, 2.45) is 10.9 Å². The molecule has 2 nitrogen and oxygen atoms in total. The predicted octanol–water partition coefficient (Wildman–Crippen LogP) is 3.14. The second-order valence-electron chi connectivity index (χ2n) is 5.59. The topological polar surface area (TPSA) is 29.4 Å². The van der Waals surface area contributed by atoms with Crippen molar-refractivity contribution in [1.82, 2.24) is 0 Å². The molecule has 1 saturated carbocycles. The summed E-state index contributed by atoms with van der Waals surface area (Å²) in [5, 5.41) is 0. The third kappa shape index (κ3) is 1.64. The number of hydrogen-bond donors (Lipinski definition) is 0. The van der Waals surface area contributed by atoms with Crippen LogP contribution in [0.15, 0.2) is 23.2 Å². The molecule has 2 aliphatic rings. The number of aliphatic imine (C=N–C) groups is 1. The minimum atomic E-state index is -0.234. The first kappa shape index (κ1) is 10.7. The van der Waals surface area contributed by atoms with E-state index in [4.69, 9.17) is 0 Å². The lowest BCUT2D eigenvalue weighted by atomic mass is 9.72. The second-order valence-corrected chi connectivity index (χ2v) is 5.59. The summed E-state index contributed by atoms with van der Waals surface area (Å²) in [4.78, 5) is 14.7. The van der Waals surface area contributed by atoms with Crippen molar-refractivity contribution in [3.05, 3.63) is 34.9 Å². The lowest BCUT2D eigenvalue weighted by Crippen LogP contribution is -2.31. The van der Waals surface area contributed by atoms with E-state index < -0.39 is 0 Å². The van der Waals surface area contributed by atoms with Crippen molar-refractivity contribution in [2.45, 2.75) is 44.6 Å². The molecule has 0 aromatic heterocycles. The number of isocyanates is 1. The Labute approximate surface area is 102 Å². The summed E-state index contributed by atoms with van der Waals surface area (Å²) in [5.74, 6) is 0.757.